The van der Waals surface area contributed by atoms with E-state index in [1.165, 1.54) is 0 Å². The number of nitrogens with zero attached hydrogens (tertiary/aromatic N) is 1. The Morgan fingerprint density at radius 3 is 2.69 bits per heavy atom. The maximum Gasteiger partial charge on any atom is 0.237 e. The highest BCUT2D eigenvalue weighted by molar-refractivity contribution is 6.27. The fourth-order valence-electron chi connectivity index (χ4n) is 1.65. The van der Waals surface area contributed by atoms with E-state index in [-0.39, 0.29) is 17.7 Å². The molecule has 3 nitrogen and oxygen atoms in total. The van der Waals surface area contributed by atoms with E-state index < -0.39 is 5.60 Å². The fraction of sp³-hybridized carbons (Fsp3) is 0.889. The highest BCUT2D eigenvalue weighted by Gasteiger charge is 2.34. The van der Waals surface area contributed by atoms with E-state index in [2.05, 4.69) is 0 Å². The van der Waals surface area contributed by atoms with Gasteiger partial charge in [-0.3, -0.25) is 4.79 Å². The second-order valence-electron chi connectivity index (χ2n) is 4.11. The molecule has 1 aliphatic heterocycles. The number of hydrogen-bond acceptors (Lipinski definition) is 2. The molecule has 1 atom stereocenters. The van der Waals surface area contributed by atoms with Crippen molar-refractivity contribution in [2.75, 3.05) is 19.0 Å². The second kappa shape index (κ2) is 3.84. The van der Waals surface area contributed by atoms with Crippen LogP contribution in [0.25, 0.3) is 0 Å². The molecule has 0 aliphatic carbocycles. The number of aliphatic hydroxyl groups is 1. The van der Waals surface area contributed by atoms with Gasteiger partial charge in [-0.15, -0.1) is 11.6 Å². The van der Waals surface area contributed by atoms with Gasteiger partial charge in [0.05, 0.1) is 5.60 Å². The zero-order valence-corrected chi connectivity index (χ0v) is 8.84. The molecule has 0 saturated carbocycles. The molecular formula is C9H16ClNO2. The number of rotatable bonds is 2. The Morgan fingerprint density at radius 1 is 1.69 bits per heavy atom. The van der Waals surface area contributed by atoms with Crippen LogP contribution >= 0.6 is 11.6 Å². The van der Waals surface area contributed by atoms with Crippen molar-refractivity contribution < 1.29 is 9.90 Å². The van der Waals surface area contributed by atoms with Crippen LogP contribution in [-0.4, -0.2) is 40.5 Å². The summed E-state index contributed by atoms with van der Waals surface area (Å²) < 4.78 is 0. The highest BCUT2D eigenvalue weighted by Crippen LogP contribution is 2.26. The average Bonchev–Trinajstić information content (AvgIpc) is 2.50. The van der Waals surface area contributed by atoms with E-state index in [1.54, 1.807) is 18.7 Å². The molecule has 0 bridgehead atoms. The number of alkyl halides is 1. The van der Waals surface area contributed by atoms with Crippen LogP contribution in [0.5, 0.6) is 0 Å². The van der Waals surface area contributed by atoms with Gasteiger partial charge in [-0.1, -0.05) is 0 Å². The van der Waals surface area contributed by atoms with E-state index in [4.69, 9.17) is 11.6 Å². The van der Waals surface area contributed by atoms with Crippen LogP contribution in [-0.2, 0) is 4.79 Å². The second-order valence-corrected chi connectivity index (χ2v) is 4.38. The lowest BCUT2D eigenvalue weighted by molar-refractivity contribution is -0.127. The van der Waals surface area contributed by atoms with Crippen molar-refractivity contribution in [1.82, 2.24) is 4.90 Å². The Labute approximate surface area is 83.7 Å². The number of carbonyl (C=O) groups is 1. The van der Waals surface area contributed by atoms with Crippen LogP contribution in [0.2, 0.25) is 0 Å². The smallest absolute Gasteiger partial charge is 0.237 e. The lowest BCUT2D eigenvalue weighted by Crippen LogP contribution is -2.35. The lowest BCUT2D eigenvalue weighted by Gasteiger charge is -2.25. The number of hydrogen-bond donors (Lipinski definition) is 1. The molecular weight excluding hydrogens is 190 g/mol. The Hall–Kier alpha value is -0.280. The SMILES string of the molecule is CC(C)(O)C1CCN(C(=O)CCl)C1. The molecule has 1 saturated heterocycles. The molecule has 0 spiro atoms. The molecule has 4 heteroatoms. The molecule has 1 amide bonds. The van der Waals surface area contributed by atoms with Gasteiger partial charge in [0, 0.05) is 19.0 Å². The van der Waals surface area contributed by atoms with Gasteiger partial charge < -0.3 is 10.0 Å². The first-order valence-electron chi connectivity index (χ1n) is 4.51. The van der Waals surface area contributed by atoms with Crippen molar-refractivity contribution >= 4 is 17.5 Å². The maximum absolute atomic E-state index is 11.2. The average molecular weight is 206 g/mol. The standard InChI is InChI=1S/C9H16ClNO2/c1-9(2,13)7-3-4-11(6-7)8(12)5-10/h7,13H,3-6H2,1-2H3. The van der Waals surface area contributed by atoms with Gasteiger partial charge in [0.15, 0.2) is 0 Å². The van der Waals surface area contributed by atoms with Gasteiger partial charge in [-0.05, 0) is 20.3 Å². The van der Waals surface area contributed by atoms with Crippen LogP contribution in [0, 0.1) is 5.92 Å². The normalized spacial score (nSPS) is 23.7. The fourth-order valence-corrected chi connectivity index (χ4v) is 1.82. The number of likely N-dealkylation sites (tertiary alicyclic amines) is 1. The molecule has 0 aromatic rings. The summed E-state index contributed by atoms with van der Waals surface area (Å²) in [7, 11) is 0. The molecule has 1 aliphatic rings. The van der Waals surface area contributed by atoms with Gasteiger partial charge in [0.1, 0.15) is 5.88 Å². The van der Waals surface area contributed by atoms with Gasteiger partial charge in [0.25, 0.3) is 0 Å². The Balaban J connectivity index is 2.50. The molecule has 1 fully saturated rings. The zero-order chi connectivity index (χ0) is 10.1. The minimum atomic E-state index is -0.693. The van der Waals surface area contributed by atoms with Crippen molar-refractivity contribution in [1.29, 1.82) is 0 Å². The van der Waals surface area contributed by atoms with Gasteiger partial charge in [0.2, 0.25) is 5.91 Å². The Bertz CT molecular complexity index is 200. The summed E-state index contributed by atoms with van der Waals surface area (Å²) in [4.78, 5) is 12.9. The van der Waals surface area contributed by atoms with Crippen molar-refractivity contribution in [3.05, 3.63) is 0 Å². The van der Waals surface area contributed by atoms with Crippen LogP contribution in [0.4, 0.5) is 0 Å². The Kier molecular flexibility index (Phi) is 3.19. The largest absolute Gasteiger partial charge is 0.390 e. The van der Waals surface area contributed by atoms with Crippen LogP contribution in [0.1, 0.15) is 20.3 Å². The van der Waals surface area contributed by atoms with Gasteiger partial charge in [-0.25, -0.2) is 0 Å². The van der Waals surface area contributed by atoms with Crippen molar-refractivity contribution in [2.45, 2.75) is 25.9 Å². The summed E-state index contributed by atoms with van der Waals surface area (Å²) in [6.07, 6.45) is 0.867. The summed E-state index contributed by atoms with van der Waals surface area (Å²) in [6, 6.07) is 0. The molecule has 0 aromatic carbocycles. The quantitative estimate of drug-likeness (QED) is 0.679. The number of halogens is 1. The first-order chi connectivity index (χ1) is 5.95. The summed E-state index contributed by atoms with van der Waals surface area (Å²) in [6.45, 7) is 4.92. The van der Waals surface area contributed by atoms with E-state index in [0.717, 1.165) is 13.0 Å². The van der Waals surface area contributed by atoms with Crippen molar-refractivity contribution in [3.63, 3.8) is 0 Å². The van der Waals surface area contributed by atoms with E-state index in [0.29, 0.717) is 6.54 Å². The minimum absolute atomic E-state index is 0.0339. The van der Waals surface area contributed by atoms with Crippen LogP contribution < -0.4 is 0 Å². The first-order valence-corrected chi connectivity index (χ1v) is 5.04. The van der Waals surface area contributed by atoms with Gasteiger partial charge in [-0.2, -0.15) is 0 Å². The number of amides is 1. The lowest BCUT2D eigenvalue weighted by atomic mass is 9.90. The van der Waals surface area contributed by atoms with Crippen molar-refractivity contribution in [2.24, 2.45) is 5.92 Å². The summed E-state index contributed by atoms with van der Waals surface area (Å²) in [5.74, 6) is 0.187. The first kappa shape index (κ1) is 10.8. The summed E-state index contributed by atoms with van der Waals surface area (Å²) in [5.41, 5.74) is -0.693. The molecule has 1 rings (SSSR count). The van der Waals surface area contributed by atoms with E-state index in [1.807, 2.05) is 0 Å². The molecule has 1 heterocycles. The van der Waals surface area contributed by atoms with Crippen LogP contribution in [0.15, 0.2) is 0 Å². The third-order valence-corrected chi connectivity index (χ3v) is 2.88. The third kappa shape index (κ3) is 2.58. The third-order valence-electron chi connectivity index (χ3n) is 2.65. The van der Waals surface area contributed by atoms with E-state index >= 15 is 0 Å². The molecule has 0 aromatic heterocycles. The molecule has 0 radical (unpaired) electrons. The predicted octanol–water partition coefficient (Wildman–Crippen LogP) is 0.845. The van der Waals surface area contributed by atoms with Crippen LogP contribution in [0.3, 0.4) is 0 Å². The molecule has 1 unspecified atom stereocenters. The van der Waals surface area contributed by atoms with E-state index in [9.17, 15) is 9.90 Å². The highest BCUT2D eigenvalue weighted by atomic mass is 35.5. The minimum Gasteiger partial charge on any atom is -0.390 e. The van der Waals surface area contributed by atoms with Crippen molar-refractivity contribution in [3.8, 4) is 0 Å². The van der Waals surface area contributed by atoms with Gasteiger partial charge >= 0.3 is 0 Å². The Morgan fingerprint density at radius 2 is 2.31 bits per heavy atom. The molecule has 1 N–H and O–H groups in total. The topological polar surface area (TPSA) is 40.5 Å². The predicted molar refractivity (Wildman–Crippen MR) is 51.7 cm³/mol. The molecule has 76 valence electrons. The monoisotopic (exact) mass is 205 g/mol. The zero-order valence-electron chi connectivity index (χ0n) is 8.09. The summed E-state index contributed by atoms with van der Waals surface area (Å²) in [5, 5.41) is 9.72. The maximum atomic E-state index is 11.2. The number of carbonyl (C=O) groups excluding carboxylic acids is 1. The molecule has 13 heavy (non-hydrogen) atoms. The summed E-state index contributed by atoms with van der Waals surface area (Å²) >= 11 is 5.44.